The molecule has 2 heterocycles. The van der Waals surface area contributed by atoms with Crippen LogP contribution in [0.4, 0.5) is 18.0 Å². The summed E-state index contributed by atoms with van der Waals surface area (Å²) in [5, 5.41) is 3.84. The molecule has 10 heteroatoms. The molecule has 30 heavy (non-hydrogen) atoms. The van der Waals surface area contributed by atoms with E-state index in [1.807, 2.05) is 20.8 Å². The maximum absolute atomic E-state index is 12.9. The molecule has 1 aromatic carbocycles. The van der Waals surface area contributed by atoms with Crippen molar-refractivity contribution in [2.24, 2.45) is 5.92 Å². The standard InChI is InChI=1S/C20H25F3N4O3/c1-13(2)12-29-19(28)27-9-7-26(8-10-27)14(3)18-24-17(25-30-18)15-5-4-6-16(11-15)20(21,22)23/h4-6,11,13-14H,7-10,12H2,1-3H3. The second-order valence-corrected chi connectivity index (χ2v) is 7.70. The number of nitrogens with zero attached hydrogens (tertiary/aromatic N) is 4. The molecule has 164 valence electrons. The summed E-state index contributed by atoms with van der Waals surface area (Å²) in [5.41, 5.74) is -0.524. The summed E-state index contributed by atoms with van der Waals surface area (Å²) in [5.74, 6) is 0.705. The van der Waals surface area contributed by atoms with Gasteiger partial charge in [-0.1, -0.05) is 31.1 Å². The van der Waals surface area contributed by atoms with Crippen LogP contribution in [0.1, 0.15) is 38.3 Å². The predicted molar refractivity (Wildman–Crippen MR) is 102 cm³/mol. The number of hydrogen-bond acceptors (Lipinski definition) is 6. The Bertz CT molecular complexity index is 861. The minimum atomic E-state index is -4.44. The van der Waals surface area contributed by atoms with Crippen molar-refractivity contribution in [3.05, 3.63) is 35.7 Å². The number of piperazine rings is 1. The van der Waals surface area contributed by atoms with Gasteiger partial charge < -0.3 is 14.2 Å². The number of rotatable bonds is 5. The summed E-state index contributed by atoms with van der Waals surface area (Å²) in [4.78, 5) is 20.1. The molecule has 1 aromatic heterocycles. The Kier molecular flexibility index (Phi) is 6.64. The van der Waals surface area contributed by atoms with Gasteiger partial charge in [0.1, 0.15) is 0 Å². The zero-order valence-electron chi connectivity index (χ0n) is 17.1. The highest BCUT2D eigenvalue weighted by Crippen LogP contribution is 2.32. The van der Waals surface area contributed by atoms with Crippen LogP contribution in [0.3, 0.4) is 0 Å². The van der Waals surface area contributed by atoms with Crippen molar-refractivity contribution in [2.45, 2.75) is 33.0 Å². The molecule has 7 nitrogen and oxygen atoms in total. The molecule has 1 aliphatic rings. The van der Waals surface area contributed by atoms with Crippen LogP contribution in [-0.4, -0.2) is 58.8 Å². The monoisotopic (exact) mass is 426 g/mol. The summed E-state index contributed by atoms with van der Waals surface area (Å²) >= 11 is 0. The highest BCUT2D eigenvalue weighted by atomic mass is 19.4. The Labute approximate surface area is 172 Å². The van der Waals surface area contributed by atoms with Crippen molar-refractivity contribution in [2.75, 3.05) is 32.8 Å². The van der Waals surface area contributed by atoms with E-state index in [1.54, 1.807) is 4.90 Å². The maximum atomic E-state index is 12.9. The van der Waals surface area contributed by atoms with Gasteiger partial charge in [-0.25, -0.2) is 4.79 Å². The molecule has 1 saturated heterocycles. The first-order valence-electron chi connectivity index (χ1n) is 9.82. The molecule has 3 rings (SSSR count). The molecule has 1 unspecified atom stereocenters. The summed E-state index contributed by atoms with van der Waals surface area (Å²) in [6, 6.07) is 4.59. The maximum Gasteiger partial charge on any atom is 0.416 e. The summed E-state index contributed by atoms with van der Waals surface area (Å²) < 4.78 is 49.4. The van der Waals surface area contributed by atoms with Gasteiger partial charge in [0.25, 0.3) is 0 Å². The van der Waals surface area contributed by atoms with E-state index < -0.39 is 11.7 Å². The number of ether oxygens (including phenoxy) is 1. The molecule has 0 spiro atoms. The highest BCUT2D eigenvalue weighted by molar-refractivity contribution is 5.67. The second kappa shape index (κ2) is 9.03. The number of carbonyl (C=O) groups is 1. The van der Waals surface area contributed by atoms with Gasteiger partial charge in [0.15, 0.2) is 0 Å². The fourth-order valence-corrected chi connectivity index (χ4v) is 3.13. The zero-order valence-corrected chi connectivity index (χ0v) is 17.1. The second-order valence-electron chi connectivity index (χ2n) is 7.70. The lowest BCUT2D eigenvalue weighted by Gasteiger charge is -2.36. The van der Waals surface area contributed by atoms with Crippen LogP contribution < -0.4 is 0 Å². The van der Waals surface area contributed by atoms with Crippen LogP contribution in [0.15, 0.2) is 28.8 Å². The van der Waals surface area contributed by atoms with Crippen molar-refractivity contribution in [3.63, 3.8) is 0 Å². The van der Waals surface area contributed by atoms with Crippen LogP contribution in [0, 0.1) is 5.92 Å². The first kappa shape index (κ1) is 22.1. The van der Waals surface area contributed by atoms with Gasteiger partial charge in [0.05, 0.1) is 18.2 Å². The molecule has 0 saturated carbocycles. The molecule has 1 atom stereocenters. The molecule has 1 amide bonds. The minimum Gasteiger partial charge on any atom is -0.449 e. The van der Waals surface area contributed by atoms with E-state index in [2.05, 4.69) is 15.0 Å². The van der Waals surface area contributed by atoms with E-state index in [0.717, 1.165) is 12.1 Å². The molecule has 0 aliphatic carbocycles. The van der Waals surface area contributed by atoms with Crippen LogP contribution in [-0.2, 0) is 10.9 Å². The molecular formula is C20H25F3N4O3. The first-order valence-corrected chi connectivity index (χ1v) is 9.82. The summed E-state index contributed by atoms with van der Waals surface area (Å²) in [6.45, 7) is 8.44. The third kappa shape index (κ3) is 5.29. The molecule has 0 N–H and O–H groups in total. The average Bonchev–Trinajstić information content (AvgIpc) is 3.21. The van der Waals surface area contributed by atoms with Gasteiger partial charge in [-0.15, -0.1) is 0 Å². The Morgan fingerprint density at radius 2 is 1.90 bits per heavy atom. The van der Waals surface area contributed by atoms with Gasteiger partial charge in [-0.05, 0) is 25.0 Å². The van der Waals surface area contributed by atoms with Gasteiger partial charge in [0.2, 0.25) is 11.7 Å². The van der Waals surface area contributed by atoms with E-state index in [9.17, 15) is 18.0 Å². The van der Waals surface area contributed by atoms with Gasteiger partial charge in [0, 0.05) is 31.7 Å². The number of hydrogen-bond donors (Lipinski definition) is 0. The van der Waals surface area contributed by atoms with Crippen molar-refractivity contribution >= 4 is 6.09 Å². The molecule has 0 radical (unpaired) electrons. The average molecular weight is 426 g/mol. The van der Waals surface area contributed by atoms with E-state index >= 15 is 0 Å². The molecular weight excluding hydrogens is 401 g/mol. The number of carbonyl (C=O) groups excluding carboxylic acids is 1. The molecule has 1 aliphatic heterocycles. The number of amides is 1. The fourth-order valence-electron chi connectivity index (χ4n) is 3.13. The zero-order chi connectivity index (χ0) is 21.9. The van der Waals surface area contributed by atoms with Crippen molar-refractivity contribution in [1.29, 1.82) is 0 Å². The lowest BCUT2D eigenvalue weighted by molar-refractivity contribution is -0.137. The largest absolute Gasteiger partial charge is 0.449 e. The molecule has 0 bridgehead atoms. The van der Waals surface area contributed by atoms with Crippen molar-refractivity contribution < 1.29 is 27.2 Å². The number of benzene rings is 1. The molecule has 1 fully saturated rings. The van der Waals surface area contributed by atoms with Crippen LogP contribution in [0.25, 0.3) is 11.4 Å². The van der Waals surface area contributed by atoms with Gasteiger partial charge >= 0.3 is 12.3 Å². The van der Waals surface area contributed by atoms with E-state index in [4.69, 9.17) is 9.26 Å². The van der Waals surface area contributed by atoms with Gasteiger partial charge in [-0.3, -0.25) is 4.90 Å². The topological polar surface area (TPSA) is 71.7 Å². The normalized spacial score (nSPS) is 16.7. The Morgan fingerprint density at radius 3 is 2.53 bits per heavy atom. The van der Waals surface area contributed by atoms with E-state index in [0.29, 0.717) is 38.7 Å². The Hall–Kier alpha value is -2.62. The van der Waals surface area contributed by atoms with Crippen LogP contribution >= 0.6 is 0 Å². The van der Waals surface area contributed by atoms with E-state index in [1.165, 1.54) is 12.1 Å². The third-order valence-corrected chi connectivity index (χ3v) is 4.91. The SMILES string of the molecule is CC(C)COC(=O)N1CCN(C(C)c2nc(-c3cccc(C(F)(F)F)c3)no2)CC1. The summed E-state index contributed by atoms with van der Waals surface area (Å²) in [6.07, 6.45) is -4.76. The Balaban J connectivity index is 1.61. The number of aromatic nitrogens is 2. The van der Waals surface area contributed by atoms with Crippen molar-refractivity contribution in [3.8, 4) is 11.4 Å². The fraction of sp³-hybridized carbons (Fsp3) is 0.550. The Morgan fingerprint density at radius 1 is 1.20 bits per heavy atom. The van der Waals surface area contributed by atoms with Crippen LogP contribution in [0.5, 0.6) is 0 Å². The summed E-state index contributed by atoms with van der Waals surface area (Å²) in [7, 11) is 0. The predicted octanol–water partition coefficient (Wildman–Crippen LogP) is 4.23. The quantitative estimate of drug-likeness (QED) is 0.713. The number of halogens is 3. The first-order chi connectivity index (χ1) is 14.1. The third-order valence-electron chi connectivity index (χ3n) is 4.91. The van der Waals surface area contributed by atoms with E-state index in [-0.39, 0.29) is 29.4 Å². The lowest BCUT2D eigenvalue weighted by Crippen LogP contribution is -2.49. The van der Waals surface area contributed by atoms with Crippen LogP contribution in [0.2, 0.25) is 0 Å². The minimum absolute atomic E-state index is 0.110. The van der Waals surface area contributed by atoms with Crippen molar-refractivity contribution in [1.82, 2.24) is 19.9 Å². The van der Waals surface area contributed by atoms with Gasteiger partial charge in [-0.2, -0.15) is 18.2 Å². The number of alkyl halides is 3. The molecule has 2 aromatic rings. The highest BCUT2D eigenvalue weighted by Gasteiger charge is 2.31. The smallest absolute Gasteiger partial charge is 0.416 e. The lowest BCUT2D eigenvalue weighted by atomic mass is 10.1.